The lowest BCUT2D eigenvalue weighted by Crippen LogP contribution is -2.47. The summed E-state index contributed by atoms with van der Waals surface area (Å²) in [5.74, 6) is -0.644. The van der Waals surface area contributed by atoms with Crippen molar-refractivity contribution in [2.75, 3.05) is 0 Å². The largest absolute Gasteiger partial charge is 0.451 e. The number of carbonyl (C=O) groups excluding carboxylic acids is 1. The molecule has 1 aliphatic rings. The minimum absolute atomic E-state index is 0.229. The van der Waals surface area contributed by atoms with E-state index in [2.05, 4.69) is 9.97 Å². The van der Waals surface area contributed by atoms with Gasteiger partial charge in [-0.1, -0.05) is 59.1 Å². The maximum atomic E-state index is 13.0. The van der Waals surface area contributed by atoms with E-state index in [1.54, 1.807) is 59.3 Å². The number of benzene rings is 2. The Hall–Kier alpha value is -2.72. The number of aromatic nitrogens is 3. The number of rotatable bonds is 5. The molecule has 0 unspecified atom stereocenters. The summed E-state index contributed by atoms with van der Waals surface area (Å²) < 4.78 is 13.6. The van der Waals surface area contributed by atoms with Crippen molar-refractivity contribution in [3.05, 3.63) is 93.4 Å². The van der Waals surface area contributed by atoms with E-state index in [-0.39, 0.29) is 10.2 Å². The summed E-state index contributed by atoms with van der Waals surface area (Å²) in [6.07, 6.45) is -1.93. The Bertz CT molecular complexity index is 1430. The van der Waals surface area contributed by atoms with Crippen LogP contribution in [0, 0.1) is 0 Å². The molecule has 0 spiro atoms. The number of fused-ring (bicyclic) bond motifs is 1. The van der Waals surface area contributed by atoms with Crippen LogP contribution in [0.3, 0.4) is 0 Å². The zero-order chi connectivity index (χ0) is 25.6. The molecular weight excluding hydrogens is 529 g/mol. The van der Waals surface area contributed by atoms with Gasteiger partial charge in [-0.25, -0.2) is 14.8 Å². The third kappa shape index (κ3) is 4.34. The van der Waals surface area contributed by atoms with E-state index in [9.17, 15) is 15.0 Å². The first-order chi connectivity index (χ1) is 17.2. The van der Waals surface area contributed by atoms with Crippen molar-refractivity contribution >= 4 is 51.8 Å². The molecule has 11 heteroatoms. The third-order valence-electron chi connectivity index (χ3n) is 6.26. The minimum Gasteiger partial charge on any atom is -0.451 e. The molecule has 0 aliphatic carbocycles. The van der Waals surface area contributed by atoms with Crippen LogP contribution in [-0.4, -0.2) is 48.5 Å². The normalized spacial score (nSPS) is 24.7. The van der Waals surface area contributed by atoms with Gasteiger partial charge < -0.3 is 24.3 Å². The Morgan fingerprint density at radius 2 is 1.86 bits per heavy atom. The molecular formula is C25H20Cl3N3O5. The molecule has 5 rings (SSSR count). The number of hydrogen-bond acceptors (Lipinski definition) is 7. The van der Waals surface area contributed by atoms with Crippen molar-refractivity contribution in [2.45, 2.75) is 37.1 Å². The fraction of sp³-hybridized carbons (Fsp3) is 0.240. The van der Waals surface area contributed by atoms with Gasteiger partial charge in [0, 0.05) is 6.20 Å². The highest BCUT2D eigenvalue weighted by atomic mass is 35.5. The SMILES string of the molecule is C[C@@]1(O)[C@@H]([C@H](OC(=O)c2ccccc2)c2ccc(Cl)c(Cl)c2)O[C@@H](n2ccc3c(Cl)ncnc32)[C@@H]1O. The molecule has 36 heavy (non-hydrogen) atoms. The van der Waals surface area contributed by atoms with E-state index in [1.165, 1.54) is 19.3 Å². The van der Waals surface area contributed by atoms with Crippen molar-refractivity contribution in [1.82, 2.24) is 14.5 Å². The fourth-order valence-corrected chi connectivity index (χ4v) is 4.81. The van der Waals surface area contributed by atoms with Crippen molar-refractivity contribution in [3.63, 3.8) is 0 Å². The monoisotopic (exact) mass is 547 g/mol. The summed E-state index contributed by atoms with van der Waals surface area (Å²) in [6, 6.07) is 14.8. The fourth-order valence-electron chi connectivity index (χ4n) is 4.31. The van der Waals surface area contributed by atoms with Crippen LogP contribution in [0.1, 0.15) is 35.2 Å². The Balaban J connectivity index is 1.56. The van der Waals surface area contributed by atoms with Gasteiger partial charge in [-0.05, 0) is 42.8 Å². The summed E-state index contributed by atoms with van der Waals surface area (Å²) in [5, 5.41) is 24.0. The highest BCUT2D eigenvalue weighted by molar-refractivity contribution is 6.42. The van der Waals surface area contributed by atoms with Crippen LogP contribution in [0.25, 0.3) is 11.0 Å². The van der Waals surface area contributed by atoms with Crippen LogP contribution in [-0.2, 0) is 9.47 Å². The van der Waals surface area contributed by atoms with E-state index in [0.717, 1.165) is 0 Å². The minimum atomic E-state index is -1.86. The molecule has 0 radical (unpaired) electrons. The van der Waals surface area contributed by atoms with Gasteiger partial charge >= 0.3 is 5.97 Å². The summed E-state index contributed by atoms with van der Waals surface area (Å²) in [6.45, 7) is 1.41. The molecule has 1 aliphatic heterocycles. The average Bonchev–Trinajstić information content (AvgIpc) is 3.39. The highest BCUT2D eigenvalue weighted by Gasteiger charge is 2.57. The molecule has 0 saturated carbocycles. The summed E-state index contributed by atoms with van der Waals surface area (Å²) >= 11 is 18.5. The van der Waals surface area contributed by atoms with Gasteiger partial charge in [-0.2, -0.15) is 0 Å². The molecule has 4 aromatic rings. The first-order valence-electron chi connectivity index (χ1n) is 10.9. The van der Waals surface area contributed by atoms with Crippen molar-refractivity contribution < 1.29 is 24.5 Å². The molecule has 0 bridgehead atoms. The van der Waals surface area contributed by atoms with Crippen LogP contribution in [0.5, 0.6) is 0 Å². The lowest BCUT2D eigenvalue weighted by molar-refractivity contribution is -0.119. The topological polar surface area (TPSA) is 107 Å². The van der Waals surface area contributed by atoms with Crippen LogP contribution < -0.4 is 0 Å². The second kappa shape index (κ2) is 9.63. The molecule has 2 aromatic heterocycles. The van der Waals surface area contributed by atoms with Crippen LogP contribution in [0.2, 0.25) is 15.2 Å². The van der Waals surface area contributed by atoms with E-state index < -0.39 is 36.1 Å². The summed E-state index contributed by atoms with van der Waals surface area (Å²) in [4.78, 5) is 21.2. The third-order valence-corrected chi connectivity index (χ3v) is 7.30. The van der Waals surface area contributed by atoms with Crippen molar-refractivity contribution in [1.29, 1.82) is 0 Å². The zero-order valence-corrected chi connectivity index (χ0v) is 21.0. The number of aliphatic hydroxyl groups excluding tert-OH is 1. The lowest BCUT2D eigenvalue weighted by atomic mass is 9.88. The maximum Gasteiger partial charge on any atom is 0.338 e. The van der Waals surface area contributed by atoms with Crippen LogP contribution in [0.15, 0.2) is 67.1 Å². The molecule has 5 atom stereocenters. The first-order valence-corrected chi connectivity index (χ1v) is 12.1. The van der Waals surface area contributed by atoms with Gasteiger partial charge in [0.15, 0.2) is 12.3 Å². The maximum absolute atomic E-state index is 13.0. The molecule has 1 saturated heterocycles. The smallest absolute Gasteiger partial charge is 0.338 e. The predicted molar refractivity (Wildman–Crippen MR) is 134 cm³/mol. The highest BCUT2D eigenvalue weighted by Crippen LogP contribution is 2.45. The summed E-state index contributed by atoms with van der Waals surface area (Å²) in [5.41, 5.74) is -0.719. The quantitative estimate of drug-likeness (QED) is 0.267. The number of hydrogen-bond donors (Lipinski definition) is 2. The number of halogens is 3. The second-order valence-corrected chi connectivity index (χ2v) is 9.78. The Labute approximate surface area is 221 Å². The second-order valence-electron chi connectivity index (χ2n) is 8.61. The van der Waals surface area contributed by atoms with Gasteiger partial charge in [-0.3, -0.25) is 0 Å². The number of aliphatic hydroxyl groups is 2. The molecule has 2 N–H and O–H groups in total. The van der Waals surface area contributed by atoms with Crippen molar-refractivity contribution in [2.24, 2.45) is 0 Å². The number of esters is 1. The Morgan fingerprint density at radius 3 is 2.58 bits per heavy atom. The molecule has 1 fully saturated rings. The molecule has 186 valence electrons. The Kier molecular flexibility index (Phi) is 6.67. The van der Waals surface area contributed by atoms with Gasteiger partial charge in [0.05, 0.1) is 21.0 Å². The molecule has 0 amide bonds. The Morgan fingerprint density at radius 1 is 1.11 bits per heavy atom. The molecule has 8 nitrogen and oxygen atoms in total. The van der Waals surface area contributed by atoms with Gasteiger partial charge in [0.25, 0.3) is 0 Å². The van der Waals surface area contributed by atoms with Gasteiger partial charge in [0.1, 0.15) is 34.9 Å². The van der Waals surface area contributed by atoms with Gasteiger partial charge in [0.2, 0.25) is 0 Å². The zero-order valence-electron chi connectivity index (χ0n) is 18.8. The van der Waals surface area contributed by atoms with Crippen LogP contribution in [0.4, 0.5) is 0 Å². The van der Waals surface area contributed by atoms with Gasteiger partial charge in [-0.15, -0.1) is 0 Å². The number of ether oxygens (including phenoxy) is 2. The standard InChI is InChI=1S/C25H20Cl3N3O5/c1-25(34)19(32)23(31-10-9-15-21(28)29-12-30-22(15)31)36-20(25)18(14-7-8-16(26)17(27)11-14)35-24(33)13-5-3-2-4-6-13/h2-12,18-20,23,32,34H,1H3/t18-,19+,20-,23-,25+/m1/s1. The number of nitrogens with zero attached hydrogens (tertiary/aromatic N) is 3. The number of carbonyl (C=O) groups is 1. The molecule has 3 heterocycles. The first kappa shape index (κ1) is 25.0. The summed E-state index contributed by atoms with van der Waals surface area (Å²) in [7, 11) is 0. The molecule has 2 aromatic carbocycles. The lowest BCUT2D eigenvalue weighted by Gasteiger charge is -2.32. The average molecular weight is 549 g/mol. The van der Waals surface area contributed by atoms with Crippen molar-refractivity contribution in [3.8, 4) is 0 Å². The van der Waals surface area contributed by atoms with E-state index >= 15 is 0 Å². The van der Waals surface area contributed by atoms with E-state index in [0.29, 0.717) is 27.2 Å². The predicted octanol–water partition coefficient (Wildman–Crippen LogP) is 5.00. The van der Waals surface area contributed by atoms with Crippen LogP contribution >= 0.6 is 34.8 Å². The van der Waals surface area contributed by atoms with E-state index in [1.807, 2.05) is 0 Å². The van der Waals surface area contributed by atoms with E-state index in [4.69, 9.17) is 44.3 Å².